The van der Waals surface area contributed by atoms with E-state index < -0.39 is 5.91 Å². The van der Waals surface area contributed by atoms with Crippen LogP contribution >= 0.6 is 0 Å². The highest BCUT2D eigenvalue weighted by atomic mass is 16.1. The van der Waals surface area contributed by atoms with Crippen LogP contribution in [0.1, 0.15) is 18.9 Å². The molecule has 0 aliphatic rings. The molecule has 0 radical (unpaired) electrons. The number of primary amides is 1. The fourth-order valence-electron chi connectivity index (χ4n) is 1.40. The molecule has 1 rings (SSSR count). The van der Waals surface area contributed by atoms with Gasteiger partial charge >= 0.3 is 0 Å². The van der Waals surface area contributed by atoms with Crippen molar-refractivity contribution in [2.75, 3.05) is 11.4 Å². The molecule has 0 aliphatic heterocycles. The number of nitrogens with two attached hydrogens (primary N) is 1. The molecule has 0 aliphatic carbocycles. The Morgan fingerprint density at radius 2 is 2.31 bits per heavy atom. The van der Waals surface area contributed by atoms with Crippen molar-refractivity contribution in [3.8, 4) is 6.19 Å². The standard InChI is InChI=1S/C12H15N3O/c1-2-10-4-3-5-11(8-10)15(9-13)7-6-12(14)16/h3-5,8H,2,6-7H2,1H3,(H2,14,16). The molecular weight excluding hydrogens is 202 g/mol. The van der Waals surface area contributed by atoms with Gasteiger partial charge in [-0.05, 0) is 24.1 Å². The van der Waals surface area contributed by atoms with Crippen LogP contribution in [-0.4, -0.2) is 12.5 Å². The van der Waals surface area contributed by atoms with Gasteiger partial charge in [0.15, 0.2) is 6.19 Å². The number of amides is 1. The molecule has 16 heavy (non-hydrogen) atoms. The fraction of sp³-hybridized carbons (Fsp3) is 0.333. The Balaban J connectivity index is 2.79. The molecular formula is C12H15N3O. The van der Waals surface area contributed by atoms with Gasteiger partial charge in [-0.25, -0.2) is 0 Å². The molecule has 4 nitrogen and oxygen atoms in total. The van der Waals surface area contributed by atoms with Gasteiger partial charge in [0.2, 0.25) is 5.91 Å². The molecule has 0 aromatic heterocycles. The number of hydrogen-bond donors (Lipinski definition) is 1. The van der Waals surface area contributed by atoms with Crippen molar-refractivity contribution in [2.45, 2.75) is 19.8 Å². The molecule has 4 heteroatoms. The lowest BCUT2D eigenvalue weighted by Crippen LogP contribution is -2.23. The average molecular weight is 217 g/mol. The smallest absolute Gasteiger partial charge is 0.219 e. The van der Waals surface area contributed by atoms with Crippen LogP contribution in [0, 0.1) is 11.5 Å². The molecule has 1 aromatic rings. The number of nitriles is 1. The number of anilines is 1. The fourth-order valence-corrected chi connectivity index (χ4v) is 1.40. The molecule has 1 aromatic carbocycles. The van der Waals surface area contributed by atoms with Gasteiger partial charge < -0.3 is 5.73 Å². The zero-order valence-electron chi connectivity index (χ0n) is 9.31. The minimum Gasteiger partial charge on any atom is -0.370 e. The summed E-state index contributed by atoms with van der Waals surface area (Å²) in [6, 6.07) is 7.71. The van der Waals surface area contributed by atoms with Crippen LogP contribution in [0.3, 0.4) is 0 Å². The number of hydrogen-bond acceptors (Lipinski definition) is 3. The van der Waals surface area contributed by atoms with E-state index in [0.717, 1.165) is 17.7 Å². The number of nitrogens with zero attached hydrogens (tertiary/aromatic N) is 2. The maximum atomic E-state index is 10.7. The van der Waals surface area contributed by atoms with Gasteiger partial charge in [0.25, 0.3) is 0 Å². The normalized spacial score (nSPS) is 9.50. The summed E-state index contributed by atoms with van der Waals surface area (Å²) in [7, 11) is 0. The van der Waals surface area contributed by atoms with E-state index in [-0.39, 0.29) is 6.42 Å². The summed E-state index contributed by atoms with van der Waals surface area (Å²) in [4.78, 5) is 12.1. The van der Waals surface area contributed by atoms with Crippen LogP contribution in [0.2, 0.25) is 0 Å². The highest BCUT2D eigenvalue weighted by molar-refractivity contribution is 5.74. The largest absolute Gasteiger partial charge is 0.370 e. The van der Waals surface area contributed by atoms with Crippen molar-refractivity contribution in [3.63, 3.8) is 0 Å². The van der Waals surface area contributed by atoms with E-state index >= 15 is 0 Å². The third-order valence-electron chi connectivity index (χ3n) is 2.33. The van der Waals surface area contributed by atoms with Crippen molar-refractivity contribution in [3.05, 3.63) is 29.8 Å². The van der Waals surface area contributed by atoms with Gasteiger partial charge in [0.05, 0.1) is 5.69 Å². The molecule has 0 heterocycles. The van der Waals surface area contributed by atoms with E-state index in [1.54, 1.807) is 0 Å². The first kappa shape index (κ1) is 12.1. The number of aryl methyl sites for hydroxylation is 1. The Hall–Kier alpha value is -2.02. The minimum atomic E-state index is -0.396. The Morgan fingerprint density at radius 1 is 1.56 bits per heavy atom. The Bertz CT molecular complexity index is 409. The van der Waals surface area contributed by atoms with Crippen LogP contribution in [-0.2, 0) is 11.2 Å². The molecule has 0 spiro atoms. The third kappa shape index (κ3) is 3.28. The van der Waals surface area contributed by atoms with E-state index in [1.807, 2.05) is 24.3 Å². The summed E-state index contributed by atoms with van der Waals surface area (Å²) < 4.78 is 0. The predicted molar refractivity (Wildman–Crippen MR) is 62.6 cm³/mol. The Labute approximate surface area is 95.3 Å². The second kappa shape index (κ2) is 5.76. The molecule has 0 unspecified atom stereocenters. The number of carbonyl (C=O) groups excluding carboxylic acids is 1. The molecule has 84 valence electrons. The van der Waals surface area contributed by atoms with Crippen LogP contribution < -0.4 is 10.6 Å². The van der Waals surface area contributed by atoms with Crippen LogP contribution in [0.4, 0.5) is 5.69 Å². The summed E-state index contributed by atoms with van der Waals surface area (Å²) in [6.45, 7) is 2.39. The summed E-state index contributed by atoms with van der Waals surface area (Å²) in [6.07, 6.45) is 3.15. The summed E-state index contributed by atoms with van der Waals surface area (Å²) >= 11 is 0. The summed E-state index contributed by atoms with van der Waals surface area (Å²) in [5.41, 5.74) is 7.03. The van der Waals surface area contributed by atoms with E-state index in [2.05, 4.69) is 13.1 Å². The Morgan fingerprint density at radius 3 is 2.88 bits per heavy atom. The lowest BCUT2D eigenvalue weighted by molar-refractivity contribution is -0.117. The maximum Gasteiger partial charge on any atom is 0.219 e. The van der Waals surface area contributed by atoms with Gasteiger partial charge in [-0.1, -0.05) is 19.1 Å². The monoisotopic (exact) mass is 217 g/mol. The van der Waals surface area contributed by atoms with Crippen molar-refractivity contribution in [1.82, 2.24) is 0 Å². The average Bonchev–Trinajstić information content (AvgIpc) is 2.30. The van der Waals surface area contributed by atoms with E-state index in [9.17, 15) is 4.79 Å². The Kier molecular flexibility index (Phi) is 4.34. The number of carbonyl (C=O) groups is 1. The first-order valence-corrected chi connectivity index (χ1v) is 5.22. The van der Waals surface area contributed by atoms with Crippen molar-refractivity contribution in [2.24, 2.45) is 5.73 Å². The molecule has 0 saturated heterocycles. The maximum absolute atomic E-state index is 10.7. The van der Waals surface area contributed by atoms with Crippen molar-refractivity contribution in [1.29, 1.82) is 5.26 Å². The summed E-state index contributed by atoms with van der Waals surface area (Å²) in [5.74, 6) is -0.396. The van der Waals surface area contributed by atoms with E-state index in [0.29, 0.717) is 6.54 Å². The van der Waals surface area contributed by atoms with Gasteiger partial charge in [-0.15, -0.1) is 0 Å². The van der Waals surface area contributed by atoms with Crippen molar-refractivity contribution >= 4 is 11.6 Å². The molecule has 0 atom stereocenters. The third-order valence-corrected chi connectivity index (χ3v) is 2.33. The lowest BCUT2D eigenvalue weighted by Gasteiger charge is -2.15. The summed E-state index contributed by atoms with van der Waals surface area (Å²) in [5, 5.41) is 8.98. The van der Waals surface area contributed by atoms with Crippen LogP contribution in [0.5, 0.6) is 0 Å². The zero-order chi connectivity index (χ0) is 12.0. The van der Waals surface area contributed by atoms with Crippen molar-refractivity contribution < 1.29 is 4.79 Å². The van der Waals surface area contributed by atoms with E-state index in [4.69, 9.17) is 11.0 Å². The topological polar surface area (TPSA) is 70.1 Å². The van der Waals surface area contributed by atoms with Crippen LogP contribution in [0.25, 0.3) is 0 Å². The second-order valence-corrected chi connectivity index (χ2v) is 3.49. The van der Waals surface area contributed by atoms with Gasteiger partial charge in [-0.2, -0.15) is 5.26 Å². The zero-order valence-corrected chi connectivity index (χ0v) is 9.31. The van der Waals surface area contributed by atoms with Gasteiger partial charge in [-0.3, -0.25) is 9.69 Å². The highest BCUT2D eigenvalue weighted by Crippen LogP contribution is 2.16. The predicted octanol–water partition coefficient (Wildman–Crippen LogP) is 1.41. The number of rotatable bonds is 5. The molecule has 0 bridgehead atoms. The lowest BCUT2D eigenvalue weighted by atomic mass is 10.1. The molecule has 0 fully saturated rings. The molecule has 1 amide bonds. The van der Waals surface area contributed by atoms with Gasteiger partial charge in [0.1, 0.15) is 0 Å². The first-order chi connectivity index (χ1) is 7.67. The number of benzene rings is 1. The minimum absolute atomic E-state index is 0.184. The second-order valence-electron chi connectivity index (χ2n) is 3.49. The molecule has 0 saturated carbocycles. The SMILES string of the molecule is CCc1cccc(N(C#N)CCC(N)=O)c1. The van der Waals surface area contributed by atoms with Gasteiger partial charge in [0, 0.05) is 13.0 Å². The van der Waals surface area contributed by atoms with Crippen LogP contribution in [0.15, 0.2) is 24.3 Å². The first-order valence-electron chi connectivity index (χ1n) is 5.22. The quantitative estimate of drug-likeness (QED) is 0.599. The highest BCUT2D eigenvalue weighted by Gasteiger charge is 2.07. The van der Waals surface area contributed by atoms with E-state index in [1.165, 1.54) is 4.90 Å². The molecule has 2 N–H and O–H groups in total.